The van der Waals surface area contributed by atoms with E-state index in [1.54, 1.807) is 15.4 Å². The Hall–Kier alpha value is -3.27. The number of carbonyl (C=O) groups excluding carboxylic acids is 1. The zero-order chi connectivity index (χ0) is 20.7. The van der Waals surface area contributed by atoms with E-state index in [9.17, 15) is 4.79 Å². The summed E-state index contributed by atoms with van der Waals surface area (Å²) in [4.78, 5) is 25.7. The molecule has 0 spiro atoms. The molecule has 0 atom stereocenters. The van der Waals surface area contributed by atoms with E-state index in [0.29, 0.717) is 24.4 Å². The van der Waals surface area contributed by atoms with Crippen molar-refractivity contribution in [2.75, 3.05) is 31.1 Å². The van der Waals surface area contributed by atoms with Crippen LogP contribution in [-0.2, 0) is 0 Å². The highest BCUT2D eigenvalue weighted by molar-refractivity contribution is 9.10. The molecule has 10 heteroatoms. The fraction of sp³-hybridized carbons (Fsp3) is 0.250. The minimum absolute atomic E-state index is 0.0413. The minimum atomic E-state index is 0.0413. The highest BCUT2D eigenvalue weighted by Crippen LogP contribution is 2.19. The number of aromatic nitrogens is 6. The molecule has 5 rings (SSSR count). The SMILES string of the molecule is Cc1cc(N2CCN(C(=O)c3ccc(-n4cc(Br)cn4)cc3)CC2)n2ncnc2n1. The number of anilines is 1. The number of benzene rings is 1. The highest BCUT2D eigenvalue weighted by Gasteiger charge is 2.24. The highest BCUT2D eigenvalue weighted by atomic mass is 79.9. The van der Waals surface area contributed by atoms with Gasteiger partial charge in [0.25, 0.3) is 11.7 Å². The van der Waals surface area contributed by atoms with Gasteiger partial charge in [0.2, 0.25) is 0 Å². The second-order valence-electron chi connectivity index (χ2n) is 7.16. The monoisotopic (exact) mass is 466 g/mol. The Morgan fingerprint density at radius 2 is 1.83 bits per heavy atom. The Labute approximate surface area is 181 Å². The lowest BCUT2D eigenvalue weighted by atomic mass is 10.1. The predicted molar refractivity (Wildman–Crippen MR) is 115 cm³/mol. The number of amides is 1. The fourth-order valence-electron chi connectivity index (χ4n) is 3.66. The van der Waals surface area contributed by atoms with Crippen LogP contribution < -0.4 is 4.90 Å². The molecule has 0 aliphatic carbocycles. The Bertz CT molecular complexity index is 1210. The normalized spacial score (nSPS) is 14.5. The van der Waals surface area contributed by atoms with E-state index in [4.69, 9.17) is 0 Å². The number of hydrogen-bond donors (Lipinski definition) is 0. The smallest absolute Gasteiger partial charge is 0.254 e. The molecule has 0 radical (unpaired) electrons. The Balaban J connectivity index is 1.28. The second-order valence-corrected chi connectivity index (χ2v) is 8.07. The Morgan fingerprint density at radius 3 is 2.53 bits per heavy atom. The average Bonchev–Trinajstić information content (AvgIpc) is 3.42. The minimum Gasteiger partial charge on any atom is -0.353 e. The van der Waals surface area contributed by atoms with Gasteiger partial charge in [-0.2, -0.15) is 19.7 Å². The third-order valence-electron chi connectivity index (χ3n) is 5.18. The first-order chi connectivity index (χ1) is 14.6. The van der Waals surface area contributed by atoms with Gasteiger partial charge >= 0.3 is 0 Å². The van der Waals surface area contributed by atoms with Gasteiger partial charge in [-0.3, -0.25) is 4.79 Å². The van der Waals surface area contributed by atoms with Gasteiger partial charge < -0.3 is 9.80 Å². The van der Waals surface area contributed by atoms with Gasteiger partial charge in [-0.15, -0.1) is 0 Å². The fourth-order valence-corrected chi connectivity index (χ4v) is 3.94. The van der Waals surface area contributed by atoms with E-state index in [2.05, 4.69) is 41.0 Å². The molecule has 1 saturated heterocycles. The van der Waals surface area contributed by atoms with Gasteiger partial charge in [-0.1, -0.05) is 0 Å². The molecule has 1 aromatic carbocycles. The van der Waals surface area contributed by atoms with E-state index in [0.717, 1.165) is 34.8 Å². The summed E-state index contributed by atoms with van der Waals surface area (Å²) in [5.74, 6) is 1.59. The van der Waals surface area contributed by atoms with Crippen LogP contribution in [0.4, 0.5) is 5.82 Å². The van der Waals surface area contributed by atoms with Crippen molar-refractivity contribution in [1.29, 1.82) is 0 Å². The summed E-state index contributed by atoms with van der Waals surface area (Å²) in [6, 6.07) is 9.52. The van der Waals surface area contributed by atoms with E-state index in [-0.39, 0.29) is 5.91 Å². The van der Waals surface area contributed by atoms with Crippen molar-refractivity contribution in [2.45, 2.75) is 6.92 Å². The van der Waals surface area contributed by atoms with Crippen molar-refractivity contribution in [3.8, 4) is 5.69 Å². The number of rotatable bonds is 3. The predicted octanol–water partition coefficient (Wildman–Crippen LogP) is 2.34. The van der Waals surface area contributed by atoms with E-state index in [1.165, 1.54) is 6.33 Å². The summed E-state index contributed by atoms with van der Waals surface area (Å²) in [5, 5.41) is 8.55. The van der Waals surface area contributed by atoms with Crippen LogP contribution in [0.2, 0.25) is 0 Å². The van der Waals surface area contributed by atoms with E-state index < -0.39 is 0 Å². The van der Waals surface area contributed by atoms with Crippen molar-refractivity contribution < 1.29 is 4.79 Å². The zero-order valence-electron chi connectivity index (χ0n) is 16.3. The van der Waals surface area contributed by atoms with Gasteiger partial charge in [0.1, 0.15) is 12.1 Å². The average molecular weight is 467 g/mol. The Morgan fingerprint density at radius 1 is 1.07 bits per heavy atom. The summed E-state index contributed by atoms with van der Waals surface area (Å²) >= 11 is 3.40. The van der Waals surface area contributed by atoms with Gasteiger partial charge in [-0.05, 0) is 47.1 Å². The molecule has 30 heavy (non-hydrogen) atoms. The van der Waals surface area contributed by atoms with E-state index in [1.807, 2.05) is 48.4 Å². The summed E-state index contributed by atoms with van der Waals surface area (Å²) in [6.07, 6.45) is 5.12. The molecular weight excluding hydrogens is 448 g/mol. The lowest BCUT2D eigenvalue weighted by Crippen LogP contribution is -2.49. The number of carbonyl (C=O) groups is 1. The molecule has 0 bridgehead atoms. The maximum absolute atomic E-state index is 13.0. The van der Waals surface area contributed by atoms with Gasteiger partial charge in [0.05, 0.1) is 16.4 Å². The third-order valence-corrected chi connectivity index (χ3v) is 5.59. The molecule has 1 amide bonds. The van der Waals surface area contributed by atoms with Crippen molar-refractivity contribution in [3.05, 3.63) is 64.8 Å². The Kier molecular flexibility index (Phi) is 4.70. The van der Waals surface area contributed by atoms with Crippen LogP contribution in [0, 0.1) is 6.92 Å². The molecule has 9 nitrogen and oxygen atoms in total. The first kappa shape index (κ1) is 18.7. The van der Waals surface area contributed by atoms with Crippen LogP contribution in [-0.4, -0.2) is 66.3 Å². The first-order valence-electron chi connectivity index (χ1n) is 9.61. The number of aryl methyl sites for hydroxylation is 1. The molecule has 4 aromatic rings. The van der Waals surface area contributed by atoms with Crippen LogP contribution >= 0.6 is 15.9 Å². The van der Waals surface area contributed by atoms with Crippen molar-refractivity contribution >= 4 is 33.4 Å². The number of fused-ring (bicyclic) bond motifs is 1. The first-order valence-corrected chi connectivity index (χ1v) is 10.4. The molecule has 0 N–H and O–H groups in total. The van der Waals surface area contributed by atoms with E-state index >= 15 is 0 Å². The molecule has 3 aromatic heterocycles. The number of halogens is 1. The summed E-state index contributed by atoms with van der Waals surface area (Å²) < 4.78 is 4.42. The summed E-state index contributed by atoms with van der Waals surface area (Å²) in [7, 11) is 0. The van der Waals surface area contributed by atoms with Crippen LogP contribution in [0.5, 0.6) is 0 Å². The van der Waals surface area contributed by atoms with Crippen molar-refractivity contribution in [3.63, 3.8) is 0 Å². The van der Waals surface area contributed by atoms with Crippen molar-refractivity contribution in [2.24, 2.45) is 0 Å². The molecule has 1 fully saturated rings. The van der Waals surface area contributed by atoms with Crippen LogP contribution in [0.25, 0.3) is 11.5 Å². The topological polar surface area (TPSA) is 84.5 Å². The van der Waals surface area contributed by atoms with Crippen molar-refractivity contribution in [1.82, 2.24) is 34.3 Å². The number of piperazine rings is 1. The lowest BCUT2D eigenvalue weighted by Gasteiger charge is -2.36. The van der Waals surface area contributed by atoms with Crippen LogP contribution in [0.1, 0.15) is 16.1 Å². The number of nitrogens with zero attached hydrogens (tertiary/aromatic N) is 8. The molecule has 152 valence electrons. The summed E-state index contributed by atoms with van der Waals surface area (Å²) in [5.41, 5.74) is 2.48. The molecule has 0 saturated carbocycles. The summed E-state index contributed by atoms with van der Waals surface area (Å²) in [6.45, 7) is 4.69. The van der Waals surface area contributed by atoms with Gasteiger partial charge in [0, 0.05) is 49.7 Å². The second kappa shape index (κ2) is 7.52. The molecular formula is C20H19BrN8O. The number of hydrogen-bond acceptors (Lipinski definition) is 6. The molecule has 1 aliphatic heterocycles. The lowest BCUT2D eigenvalue weighted by molar-refractivity contribution is 0.0746. The third kappa shape index (κ3) is 3.43. The van der Waals surface area contributed by atoms with Crippen LogP contribution in [0.3, 0.4) is 0 Å². The van der Waals surface area contributed by atoms with Crippen LogP contribution in [0.15, 0.2) is 53.5 Å². The zero-order valence-corrected chi connectivity index (χ0v) is 17.9. The maximum Gasteiger partial charge on any atom is 0.254 e. The molecule has 4 heterocycles. The molecule has 1 aliphatic rings. The standard InChI is InChI=1S/C20H19BrN8O/c1-14-10-18(29-20(25-14)22-13-24-29)26-6-8-27(9-7-26)19(30)15-2-4-17(5-3-15)28-12-16(21)11-23-28/h2-5,10-13H,6-9H2,1H3. The quantitative estimate of drug-likeness (QED) is 0.460. The molecule has 0 unspecified atom stereocenters. The van der Waals surface area contributed by atoms with Gasteiger partial charge in [0.15, 0.2) is 0 Å². The maximum atomic E-state index is 13.0. The van der Waals surface area contributed by atoms with Gasteiger partial charge in [-0.25, -0.2) is 9.67 Å². The largest absolute Gasteiger partial charge is 0.353 e.